The quantitative estimate of drug-likeness (QED) is 0.652. The molecule has 1 N–H and O–H groups in total. The normalized spacial score (nSPS) is 19.1. The number of carbonyl (C=O) groups is 1. The molecule has 1 unspecified atom stereocenters. The molecule has 0 bridgehead atoms. The van der Waals surface area contributed by atoms with Crippen LogP contribution < -0.4 is 5.32 Å². The van der Waals surface area contributed by atoms with Crippen LogP contribution in [0.25, 0.3) is 0 Å². The van der Waals surface area contributed by atoms with Gasteiger partial charge >= 0.3 is 0 Å². The van der Waals surface area contributed by atoms with Gasteiger partial charge in [-0.2, -0.15) is 0 Å². The van der Waals surface area contributed by atoms with Gasteiger partial charge in [0, 0.05) is 10.5 Å². The number of nitrogens with one attached hydrogen (secondary N) is 1. The second-order valence-electron chi connectivity index (χ2n) is 4.86. The van der Waals surface area contributed by atoms with E-state index in [1.807, 2.05) is 13.0 Å². The number of carbonyl (C=O) groups excluding carboxylic acids is 1. The summed E-state index contributed by atoms with van der Waals surface area (Å²) in [5.41, 5.74) is 2.07. The summed E-state index contributed by atoms with van der Waals surface area (Å²) in [5, 5.41) is 3.30. The van der Waals surface area contributed by atoms with Gasteiger partial charge in [-0.05, 0) is 50.6 Å². The van der Waals surface area contributed by atoms with Crippen LogP contribution in [0.4, 0.5) is 0 Å². The van der Waals surface area contributed by atoms with E-state index in [1.165, 1.54) is 0 Å². The largest absolute Gasteiger partial charge is 0.307 e. The van der Waals surface area contributed by atoms with E-state index in [-0.39, 0.29) is 11.8 Å². The van der Waals surface area contributed by atoms with Crippen LogP contribution >= 0.6 is 11.8 Å². The molecule has 2 nitrogen and oxygen atoms in total. The van der Waals surface area contributed by atoms with Crippen molar-refractivity contribution < 1.29 is 4.79 Å². The standard InChI is InChI=1S/C15H21NOS/c1-3-9-18-14-7-6-11(2)10-12(14)15(17)13-5-4-8-16-13/h6-7,10,13,16H,3-5,8-9H2,1-2H3. The highest BCUT2D eigenvalue weighted by atomic mass is 32.2. The van der Waals surface area contributed by atoms with Crippen molar-refractivity contribution in [2.45, 2.75) is 44.0 Å². The highest BCUT2D eigenvalue weighted by molar-refractivity contribution is 7.99. The minimum atomic E-state index is 0.0350. The van der Waals surface area contributed by atoms with Crippen LogP contribution in [0.3, 0.4) is 0 Å². The molecule has 0 saturated carbocycles. The van der Waals surface area contributed by atoms with Crippen molar-refractivity contribution in [3.05, 3.63) is 29.3 Å². The van der Waals surface area contributed by atoms with Gasteiger partial charge in [0.1, 0.15) is 0 Å². The SMILES string of the molecule is CCCSc1ccc(C)cc1C(=O)C1CCCN1. The molecule has 0 aliphatic carbocycles. The number of Topliss-reactive ketones (excluding diaryl/α,β-unsaturated/α-hetero) is 1. The van der Waals surface area contributed by atoms with Gasteiger partial charge in [-0.3, -0.25) is 4.79 Å². The Hall–Kier alpha value is -0.800. The second kappa shape index (κ2) is 6.39. The Labute approximate surface area is 114 Å². The lowest BCUT2D eigenvalue weighted by atomic mass is 10.0. The summed E-state index contributed by atoms with van der Waals surface area (Å²) in [4.78, 5) is 13.6. The second-order valence-corrected chi connectivity index (χ2v) is 6.00. The number of aryl methyl sites for hydroxylation is 1. The fourth-order valence-corrected chi connectivity index (χ4v) is 3.17. The van der Waals surface area contributed by atoms with Crippen molar-refractivity contribution in [2.75, 3.05) is 12.3 Å². The summed E-state index contributed by atoms with van der Waals surface area (Å²) in [5.74, 6) is 1.34. The van der Waals surface area contributed by atoms with Crippen molar-refractivity contribution in [3.8, 4) is 0 Å². The molecule has 1 aromatic carbocycles. The average Bonchev–Trinajstić information content (AvgIpc) is 2.90. The number of benzene rings is 1. The molecule has 0 spiro atoms. The van der Waals surface area contributed by atoms with Crippen LogP contribution in [0.15, 0.2) is 23.1 Å². The summed E-state index contributed by atoms with van der Waals surface area (Å²) in [6.07, 6.45) is 3.22. The Morgan fingerprint density at radius 2 is 2.33 bits per heavy atom. The molecule has 1 fully saturated rings. The molecular weight excluding hydrogens is 242 g/mol. The van der Waals surface area contributed by atoms with Gasteiger partial charge in [-0.15, -0.1) is 11.8 Å². The number of thioether (sulfide) groups is 1. The molecule has 98 valence electrons. The Bertz CT molecular complexity index is 425. The van der Waals surface area contributed by atoms with Crippen LogP contribution in [-0.2, 0) is 0 Å². The lowest BCUT2D eigenvalue weighted by molar-refractivity contribution is 0.0949. The van der Waals surface area contributed by atoms with Gasteiger partial charge in [0.2, 0.25) is 0 Å². The van der Waals surface area contributed by atoms with E-state index in [0.29, 0.717) is 0 Å². The summed E-state index contributed by atoms with van der Waals surface area (Å²) in [7, 11) is 0. The highest BCUT2D eigenvalue weighted by Crippen LogP contribution is 2.26. The van der Waals surface area contributed by atoms with E-state index in [9.17, 15) is 4.79 Å². The zero-order valence-electron chi connectivity index (χ0n) is 11.2. The van der Waals surface area contributed by atoms with Crippen molar-refractivity contribution in [2.24, 2.45) is 0 Å². The Kier molecular flexibility index (Phi) is 4.84. The number of hydrogen-bond acceptors (Lipinski definition) is 3. The predicted octanol–water partition coefficient (Wildman–Crippen LogP) is 3.43. The molecule has 1 atom stereocenters. The maximum atomic E-state index is 12.5. The summed E-state index contributed by atoms with van der Waals surface area (Å²) in [6.45, 7) is 5.19. The van der Waals surface area contributed by atoms with Crippen LogP contribution in [0.1, 0.15) is 42.1 Å². The molecule has 0 aromatic heterocycles. The third-order valence-corrected chi connectivity index (χ3v) is 4.52. The van der Waals surface area contributed by atoms with Crippen molar-refractivity contribution >= 4 is 17.5 Å². The van der Waals surface area contributed by atoms with Gasteiger partial charge in [-0.25, -0.2) is 0 Å². The molecule has 0 radical (unpaired) electrons. The van der Waals surface area contributed by atoms with E-state index < -0.39 is 0 Å². The summed E-state index contributed by atoms with van der Waals surface area (Å²) >= 11 is 1.79. The Morgan fingerprint density at radius 3 is 3.00 bits per heavy atom. The first-order valence-corrected chi connectivity index (χ1v) is 7.72. The molecule has 0 amide bonds. The molecule has 1 heterocycles. The van der Waals surface area contributed by atoms with Gasteiger partial charge in [0.15, 0.2) is 5.78 Å². The third kappa shape index (κ3) is 3.15. The van der Waals surface area contributed by atoms with Crippen LogP contribution in [0, 0.1) is 6.92 Å². The minimum Gasteiger partial charge on any atom is -0.307 e. The van der Waals surface area contributed by atoms with Crippen molar-refractivity contribution in [3.63, 3.8) is 0 Å². The van der Waals surface area contributed by atoms with E-state index >= 15 is 0 Å². The van der Waals surface area contributed by atoms with E-state index in [4.69, 9.17) is 0 Å². The topological polar surface area (TPSA) is 29.1 Å². The predicted molar refractivity (Wildman–Crippen MR) is 77.5 cm³/mol. The molecule has 2 rings (SSSR count). The lowest BCUT2D eigenvalue weighted by Crippen LogP contribution is -2.31. The maximum Gasteiger partial charge on any atom is 0.180 e. The molecule has 1 aromatic rings. The monoisotopic (exact) mass is 263 g/mol. The van der Waals surface area contributed by atoms with Gasteiger partial charge in [-0.1, -0.05) is 18.6 Å². The first-order valence-electron chi connectivity index (χ1n) is 6.73. The highest BCUT2D eigenvalue weighted by Gasteiger charge is 2.25. The maximum absolute atomic E-state index is 12.5. The summed E-state index contributed by atoms with van der Waals surface area (Å²) < 4.78 is 0. The lowest BCUT2D eigenvalue weighted by Gasteiger charge is -2.13. The van der Waals surface area contributed by atoms with E-state index in [0.717, 1.165) is 47.6 Å². The first kappa shape index (κ1) is 13.6. The average molecular weight is 263 g/mol. The Balaban J connectivity index is 2.22. The number of hydrogen-bond donors (Lipinski definition) is 1. The molecule has 1 aliphatic rings. The molecule has 18 heavy (non-hydrogen) atoms. The van der Waals surface area contributed by atoms with Gasteiger partial charge in [0.25, 0.3) is 0 Å². The van der Waals surface area contributed by atoms with Crippen LogP contribution in [0.5, 0.6) is 0 Å². The first-order chi connectivity index (χ1) is 8.72. The summed E-state index contributed by atoms with van der Waals surface area (Å²) in [6, 6.07) is 6.27. The molecule has 1 aliphatic heterocycles. The van der Waals surface area contributed by atoms with Crippen LogP contribution in [0.2, 0.25) is 0 Å². The van der Waals surface area contributed by atoms with Crippen LogP contribution in [-0.4, -0.2) is 24.1 Å². The van der Waals surface area contributed by atoms with E-state index in [2.05, 4.69) is 24.4 Å². The van der Waals surface area contributed by atoms with Crippen molar-refractivity contribution in [1.82, 2.24) is 5.32 Å². The smallest absolute Gasteiger partial charge is 0.180 e. The number of rotatable bonds is 5. The number of ketones is 1. The van der Waals surface area contributed by atoms with Gasteiger partial charge in [0.05, 0.1) is 6.04 Å². The zero-order valence-corrected chi connectivity index (χ0v) is 12.0. The van der Waals surface area contributed by atoms with Crippen molar-refractivity contribution in [1.29, 1.82) is 0 Å². The minimum absolute atomic E-state index is 0.0350. The Morgan fingerprint density at radius 1 is 1.50 bits per heavy atom. The third-order valence-electron chi connectivity index (χ3n) is 3.24. The fourth-order valence-electron chi connectivity index (χ4n) is 2.27. The molecular formula is C15H21NOS. The van der Waals surface area contributed by atoms with E-state index in [1.54, 1.807) is 11.8 Å². The molecule has 3 heteroatoms. The fraction of sp³-hybridized carbons (Fsp3) is 0.533. The van der Waals surface area contributed by atoms with Gasteiger partial charge < -0.3 is 5.32 Å². The molecule has 1 saturated heterocycles. The zero-order chi connectivity index (χ0) is 13.0.